The van der Waals surface area contributed by atoms with Gasteiger partial charge in [-0.25, -0.2) is 13.6 Å². The van der Waals surface area contributed by atoms with Crippen molar-refractivity contribution in [2.24, 2.45) is 0 Å². The molecule has 0 radical (unpaired) electrons. The highest BCUT2D eigenvalue weighted by molar-refractivity contribution is 7.18. The molecule has 0 saturated heterocycles. The van der Waals surface area contributed by atoms with Crippen molar-refractivity contribution in [2.45, 2.75) is 32.4 Å². The van der Waals surface area contributed by atoms with Crippen LogP contribution in [0.2, 0.25) is 0 Å². The molecule has 34 heavy (non-hydrogen) atoms. The summed E-state index contributed by atoms with van der Waals surface area (Å²) in [5.74, 6) is -1.69. The first-order valence-corrected chi connectivity index (χ1v) is 11.7. The Morgan fingerprint density at radius 3 is 2.50 bits per heavy atom. The van der Waals surface area contributed by atoms with Crippen LogP contribution in [0.25, 0.3) is 10.2 Å². The SMILES string of the molecule is O=C(Cc1cc(F)cc(F)c1)N1CCc2c(sc3[nH]c(=O)n(CCc4ccccc4)c(=O)c23)C1. The highest BCUT2D eigenvalue weighted by Gasteiger charge is 2.27. The number of fused-ring (bicyclic) bond motifs is 3. The van der Waals surface area contributed by atoms with E-state index in [4.69, 9.17) is 0 Å². The summed E-state index contributed by atoms with van der Waals surface area (Å²) < 4.78 is 28.2. The third kappa shape index (κ3) is 4.31. The Kier molecular flexibility index (Phi) is 5.87. The Morgan fingerprint density at radius 2 is 1.76 bits per heavy atom. The van der Waals surface area contributed by atoms with Gasteiger partial charge in [0.1, 0.15) is 16.5 Å². The fourth-order valence-corrected chi connectivity index (χ4v) is 5.66. The molecule has 9 heteroatoms. The number of nitrogens with one attached hydrogen (secondary N) is 1. The number of nitrogens with zero attached hydrogens (tertiary/aromatic N) is 2. The molecule has 0 aliphatic carbocycles. The highest BCUT2D eigenvalue weighted by Crippen LogP contribution is 2.32. The molecule has 2 aromatic carbocycles. The topological polar surface area (TPSA) is 75.2 Å². The summed E-state index contributed by atoms with van der Waals surface area (Å²) in [6.07, 6.45) is 0.918. The number of aryl methyl sites for hydroxylation is 1. The van der Waals surface area contributed by atoms with Crippen molar-refractivity contribution in [3.05, 3.63) is 103 Å². The zero-order valence-corrected chi connectivity index (χ0v) is 19.0. The molecule has 174 valence electrons. The number of H-pyrrole nitrogens is 1. The summed E-state index contributed by atoms with van der Waals surface area (Å²) in [5, 5.41) is 0.506. The lowest BCUT2D eigenvalue weighted by atomic mass is 10.0. The largest absolute Gasteiger partial charge is 0.337 e. The Bertz CT molecular complexity index is 1490. The Balaban J connectivity index is 1.39. The average molecular weight is 482 g/mol. The number of aromatic nitrogens is 2. The van der Waals surface area contributed by atoms with Crippen LogP contribution in [0.5, 0.6) is 0 Å². The van der Waals surface area contributed by atoms with E-state index >= 15 is 0 Å². The summed E-state index contributed by atoms with van der Waals surface area (Å²) in [6, 6.07) is 12.7. The molecule has 0 bridgehead atoms. The van der Waals surface area contributed by atoms with Crippen LogP contribution in [0.1, 0.15) is 21.6 Å². The molecule has 1 aliphatic heterocycles. The van der Waals surface area contributed by atoms with Crippen LogP contribution in [0.15, 0.2) is 58.1 Å². The van der Waals surface area contributed by atoms with Gasteiger partial charge in [-0.1, -0.05) is 30.3 Å². The minimum atomic E-state index is -0.722. The van der Waals surface area contributed by atoms with E-state index in [2.05, 4.69) is 4.98 Å². The number of amides is 1. The fraction of sp³-hybridized carbons (Fsp3) is 0.240. The van der Waals surface area contributed by atoms with Gasteiger partial charge in [0.05, 0.1) is 18.4 Å². The number of thiophene rings is 1. The summed E-state index contributed by atoms with van der Waals surface area (Å²) in [5.41, 5.74) is 1.40. The van der Waals surface area contributed by atoms with Gasteiger partial charge in [-0.05, 0) is 41.7 Å². The molecule has 6 nitrogen and oxygen atoms in total. The van der Waals surface area contributed by atoms with Crippen molar-refractivity contribution in [1.29, 1.82) is 0 Å². The normalized spacial score (nSPS) is 13.3. The van der Waals surface area contributed by atoms with Crippen LogP contribution in [-0.2, 0) is 37.1 Å². The number of rotatable bonds is 5. The van der Waals surface area contributed by atoms with E-state index in [-0.39, 0.29) is 36.5 Å². The minimum Gasteiger partial charge on any atom is -0.337 e. The van der Waals surface area contributed by atoms with Crippen molar-refractivity contribution in [3.8, 4) is 0 Å². The molecule has 0 fully saturated rings. The van der Waals surface area contributed by atoms with Gasteiger partial charge in [-0.15, -0.1) is 11.3 Å². The number of hydrogen-bond donors (Lipinski definition) is 1. The molecule has 4 aromatic rings. The predicted molar refractivity (Wildman–Crippen MR) is 126 cm³/mol. The maximum absolute atomic E-state index is 13.5. The highest BCUT2D eigenvalue weighted by atomic mass is 32.1. The van der Waals surface area contributed by atoms with Gasteiger partial charge in [-0.3, -0.25) is 19.1 Å². The van der Waals surface area contributed by atoms with Crippen LogP contribution >= 0.6 is 11.3 Å². The lowest BCUT2D eigenvalue weighted by molar-refractivity contribution is -0.131. The second-order valence-electron chi connectivity index (χ2n) is 8.35. The minimum absolute atomic E-state index is 0.113. The molecule has 5 rings (SSSR count). The molecule has 0 saturated carbocycles. The zero-order chi connectivity index (χ0) is 23.8. The number of halogens is 2. The summed E-state index contributed by atoms with van der Waals surface area (Å²) >= 11 is 1.30. The predicted octanol–water partition coefficient (Wildman–Crippen LogP) is 3.40. The van der Waals surface area contributed by atoms with Gasteiger partial charge in [0.25, 0.3) is 5.56 Å². The van der Waals surface area contributed by atoms with Crippen molar-refractivity contribution in [1.82, 2.24) is 14.5 Å². The van der Waals surface area contributed by atoms with E-state index in [0.717, 1.165) is 34.2 Å². The average Bonchev–Trinajstić information content (AvgIpc) is 3.16. The molecule has 0 atom stereocenters. The van der Waals surface area contributed by atoms with Gasteiger partial charge in [0, 0.05) is 24.0 Å². The van der Waals surface area contributed by atoms with Gasteiger partial charge in [-0.2, -0.15) is 0 Å². The van der Waals surface area contributed by atoms with E-state index < -0.39 is 17.3 Å². The van der Waals surface area contributed by atoms with E-state index in [9.17, 15) is 23.2 Å². The van der Waals surface area contributed by atoms with Crippen LogP contribution in [0.4, 0.5) is 8.78 Å². The quantitative estimate of drug-likeness (QED) is 0.475. The van der Waals surface area contributed by atoms with E-state index in [1.165, 1.54) is 15.9 Å². The van der Waals surface area contributed by atoms with Crippen LogP contribution in [0.3, 0.4) is 0 Å². The first kappa shape index (κ1) is 22.2. The summed E-state index contributed by atoms with van der Waals surface area (Å²) in [7, 11) is 0. The van der Waals surface area contributed by atoms with Gasteiger partial charge >= 0.3 is 5.69 Å². The number of hydrogen-bond acceptors (Lipinski definition) is 4. The second kappa shape index (κ2) is 8.98. The monoisotopic (exact) mass is 481 g/mol. The Hall–Kier alpha value is -3.59. The molecule has 1 aliphatic rings. The number of aromatic amines is 1. The standard InChI is InChI=1S/C25H21F2N3O3S/c26-17-10-16(11-18(27)13-17)12-21(31)29-8-7-19-20(14-29)34-23-22(19)24(32)30(25(33)28-23)9-6-15-4-2-1-3-5-15/h1-5,10-11,13H,6-9,12,14H2,(H,28,33). The molecule has 3 heterocycles. The van der Waals surface area contributed by atoms with Crippen molar-refractivity contribution >= 4 is 27.5 Å². The fourth-order valence-electron chi connectivity index (χ4n) is 4.41. The lowest BCUT2D eigenvalue weighted by Gasteiger charge is -2.27. The molecule has 1 amide bonds. The molecule has 1 N–H and O–H groups in total. The number of carbonyl (C=O) groups excluding carboxylic acids is 1. The summed E-state index contributed by atoms with van der Waals surface area (Å²) in [4.78, 5) is 44.4. The molecular formula is C25H21F2N3O3S. The second-order valence-corrected chi connectivity index (χ2v) is 9.46. The van der Waals surface area contributed by atoms with Gasteiger partial charge in [0.15, 0.2) is 0 Å². The Morgan fingerprint density at radius 1 is 1.03 bits per heavy atom. The van der Waals surface area contributed by atoms with Crippen LogP contribution < -0.4 is 11.2 Å². The van der Waals surface area contributed by atoms with E-state index in [1.54, 1.807) is 4.90 Å². The number of carbonyl (C=O) groups is 1. The van der Waals surface area contributed by atoms with Crippen LogP contribution in [-0.4, -0.2) is 26.9 Å². The summed E-state index contributed by atoms with van der Waals surface area (Å²) in [6.45, 7) is 0.947. The molecule has 0 unspecified atom stereocenters. The van der Waals surface area contributed by atoms with Crippen LogP contribution in [0, 0.1) is 11.6 Å². The maximum atomic E-state index is 13.5. The maximum Gasteiger partial charge on any atom is 0.329 e. The van der Waals surface area contributed by atoms with E-state index in [0.29, 0.717) is 29.6 Å². The van der Waals surface area contributed by atoms with Gasteiger partial charge < -0.3 is 4.90 Å². The zero-order valence-electron chi connectivity index (χ0n) is 18.1. The molecular weight excluding hydrogens is 460 g/mol. The van der Waals surface area contributed by atoms with E-state index in [1.807, 2.05) is 30.3 Å². The van der Waals surface area contributed by atoms with Gasteiger partial charge in [0.2, 0.25) is 5.91 Å². The molecule has 0 spiro atoms. The van der Waals surface area contributed by atoms with Crippen molar-refractivity contribution < 1.29 is 13.6 Å². The number of benzene rings is 2. The van der Waals surface area contributed by atoms with Crippen molar-refractivity contribution in [3.63, 3.8) is 0 Å². The molecule has 2 aromatic heterocycles. The lowest BCUT2D eigenvalue weighted by Crippen LogP contribution is -2.38. The van der Waals surface area contributed by atoms with Crippen molar-refractivity contribution in [2.75, 3.05) is 6.54 Å². The third-order valence-electron chi connectivity index (χ3n) is 6.08. The first-order chi connectivity index (χ1) is 16.4. The first-order valence-electron chi connectivity index (χ1n) is 10.9. The third-order valence-corrected chi connectivity index (χ3v) is 7.21. The Labute approximate surface area is 197 Å². The smallest absolute Gasteiger partial charge is 0.329 e.